The van der Waals surface area contributed by atoms with E-state index in [0.29, 0.717) is 5.92 Å². The van der Waals surface area contributed by atoms with E-state index in [-0.39, 0.29) is 5.54 Å². The van der Waals surface area contributed by atoms with E-state index in [0.717, 1.165) is 30.4 Å². The third-order valence-corrected chi connectivity index (χ3v) is 10.8. The van der Waals surface area contributed by atoms with Gasteiger partial charge in [0.1, 0.15) is 11.2 Å². The van der Waals surface area contributed by atoms with Crippen LogP contribution >= 0.6 is 11.3 Å². The van der Waals surface area contributed by atoms with Crippen LogP contribution in [-0.4, -0.2) is 0 Å². The van der Waals surface area contributed by atoms with Crippen molar-refractivity contribution in [3.05, 3.63) is 103 Å². The third-order valence-electron chi connectivity index (χ3n) is 9.63. The number of benzene rings is 4. The largest absolute Gasteiger partial charge is 0.456 e. The van der Waals surface area contributed by atoms with Gasteiger partial charge >= 0.3 is 0 Å². The Labute approximate surface area is 238 Å². The predicted octanol–water partition coefficient (Wildman–Crippen LogP) is 10.6. The number of rotatable bonds is 4. The van der Waals surface area contributed by atoms with Crippen LogP contribution in [0.2, 0.25) is 0 Å². The zero-order valence-electron chi connectivity index (χ0n) is 23.2. The first kappa shape index (κ1) is 23.9. The number of furan rings is 1. The SMILES string of the molecule is CCC1c2ccc(-c3ccc4oc5cc6sc7ccccc7c6cc5c4c3)cc2-c2cccc[n+]2C1(CC)CC. The molecule has 8 rings (SSSR count). The average molecular weight is 539 g/mol. The molecule has 0 saturated heterocycles. The lowest BCUT2D eigenvalue weighted by Crippen LogP contribution is -2.62. The van der Waals surface area contributed by atoms with E-state index >= 15 is 0 Å². The van der Waals surface area contributed by atoms with Gasteiger partial charge in [0.05, 0.1) is 5.56 Å². The lowest BCUT2D eigenvalue weighted by atomic mass is 9.69. The van der Waals surface area contributed by atoms with Crippen LogP contribution in [0.25, 0.3) is 64.5 Å². The highest BCUT2D eigenvalue weighted by atomic mass is 32.1. The minimum Gasteiger partial charge on any atom is -0.456 e. The van der Waals surface area contributed by atoms with Gasteiger partial charge in [0.15, 0.2) is 11.7 Å². The summed E-state index contributed by atoms with van der Waals surface area (Å²) >= 11 is 1.84. The number of thiophene rings is 1. The highest BCUT2D eigenvalue weighted by molar-refractivity contribution is 7.25. The third kappa shape index (κ3) is 3.19. The van der Waals surface area contributed by atoms with Crippen molar-refractivity contribution in [3.8, 4) is 22.4 Å². The molecule has 7 aromatic rings. The molecule has 0 spiro atoms. The highest BCUT2D eigenvalue weighted by Gasteiger charge is 2.50. The van der Waals surface area contributed by atoms with E-state index in [1.54, 1.807) is 0 Å². The van der Waals surface area contributed by atoms with Crippen molar-refractivity contribution in [2.75, 3.05) is 0 Å². The van der Waals surface area contributed by atoms with Crippen LogP contribution in [0.3, 0.4) is 0 Å². The van der Waals surface area contributed by atoms with Crippen LogP contribution in [0.4, 0.5) is 0 Å². The quantitative estimate of drug-likeness (QED) is 0.204. The van der Waals surface area contributed by atoms with E-state index in [2.05, 4.69) is 123 Å². The van der Waals surface area contributed by atoms with Crippen LogP contribution in [0.15, 0.2) is 102 Å². The van der Waals surface area contributed by atoms with Crippen molar-refractivity contribution < 1.29 is 8.98 Å². The lowest BCUT2D eigenvalue weighted by molar-refractivity contribution is -0.762. The van der Waals surface area contributed by atoms with Gasteiger partial charge in [0, 0.05) is 61.8 Å². The second-order valence-electron chi connectivity index (χ2n) is 11.3. The number of hydrogen-bond acceptors (Lipinski definition) is 2. The summed E-state index contributed by atoms with van der Waals surface area (Å²) < 4.78 is 11.5. The molecule has 0 N–H and O–H groups in total. The molecule has 3 heteroatoms. The Morgan fingerprint density at radius 1 is 0.700 bits per heavy atom. The molecule has 4 heterocycles. The zero-order chi connectivity index (χ0) is 27.0. The molecular formula is C37H32NOS+. The van der Waals surface area contributed by atoms with Crippen molar-refractivity contribution >= 4 is 53.4 Å². The van der Waals surface area contributed by atoms with Gasteiger partial charge in [-0.05, 0) is 65.6 Å². The molecule has 4 aromatic carbocycles. The molecule has 1 aliphatic rings. The summed E-state index contributed by atoms with van der Waals surface area (Å²) in [6.45, 7) is 7.06. The molecule has 1 unspecified atom stereocenters. The first-order chi connectivity index (χ1) is 19.6. The minimum absolute atomic E-state index is 0.117. The molecule has 1 atom stereocenters. The second kappa shape index (κ2) is 8.78. The Kier molecular flexibility index (Phi) is 5.24. The number of pyridine rings is 1. The Hall–Kier alpha value is -3.95. The van der Waals surface area contributed by atoms with Gasteiger partial charge in [-0.25, -0.2) is 0 Å². The summed E-state index contributed by atoms with van der Waals surface area (Å²) in [6, 6.07) is 33.8. The highest BCUT2D eigenvalue weighted by Crippen LogP contribution is 2.48. The van der Waals surface area contributed by atoms with Gasteiger partial charge in [-0.15, -0.1) is 11.3 Å². The molecule has 0 bridgehead atoms. The van der Waals surface area contributed by atoms with Crippen LogP contribution in [0, 0.1) is 0 Å². The lowest BCUT2D eigenvalue weighted by Gasteiger charge is -2.39. The van der Waals surface area contributed by atoms with Crippen LogP contribution in [-0.2, 0) is 5.54 Å². The van der Waals surface area contributed by atoms with Gasteiger partial charge < -0.3 is 4.42 Å². The average Bonchev–Trinajstić information content (AvgIpc) is 3.55. The normalized spacial score (nSPS) is 16.1. The van der Waals surface area contributed by atoms with Crippen molar-refractivity contribution in [1.82, 2.24) is 0 Å². The van der Waals surface area contributed by atoms with E-state index in [1.807, 2.05) is 11.3 Å². The smallest absolute Gasteiger partial charge is 0.213 e. The number of nitrogens with zero attached hydrogens (tertiary/aromatic N) is 1. The Morgan fingerprint density at radius 3 is 2.33 bits per heavy atom. The summed E-state index contributed by atoms with van der Waals surface area (Å²) in [7, 11) is 0. The molecule has 40 heavy (non-hydrogen) atoms. The van der Waals surface area contributed by atoms with Gasteiger partial charge in [0.25, 0.3) is 0 Å². The molecule has 196 valence electrons. The van der Waals surface area contributed by atoms with E-state index < -0.39 is 0 Å². The molecule has 2 nitrogen and oxygen atoms in total. The van der Waals surface area contributed by atoms with Gasteiger partial charge in [-0.3, -0.25) is 0 Å². The summed E-state index contributed by atoms with van der Waals surface area (Å²) in [5.41, 5.74) is 8.69. The summed E-state index contributed by atoms with van der Waals surface area (Å²) in [4.78, 5) is 0. The van der Waals surface area contributed by atoms with Crippen LogP contribution in [0.5, 0.6) is 0 Å². The summed E-state index contributed by atoms with van der Waals surface area (Å²) in [5.74, 6) is 0.495. The Morgan fingerprint density at radius 2 is 1.48 bits per heavy atom. The van der Waals surface area contributed by atoms with Crippen molar-refractivity contribution in [2.45, 2.75) is 51.5 Å². The fraction of sp³-hybridized carbons (Fsp3) is 0.216. The molecule has 3 aromatic heterocycles. The Balaban J connectivity index is 1.31. The Bertz CT molecular complexity index is 2090. The van der Waals surface area contributed by atoms with Crippen molar-refractivity contribution in [3.63, 3.8) is 0 Å². The zero-order valence-corrected chi connectivity index (χ0v) is 24.0. The number of hydrogen-bond donors (Lipinski definition) is 0. The molecule has 0 aliphatic carbocycles. The first-order valence-electron chi connectivity index (χ1n) is 14.6. The van der Waals surface area contributed by atoms with Crippen LogP contribution in [0.1, 0.15) is 51.5 Å². The van der Waals surface area contributed by atoms with Crippen molar-refractivity contribution in [2.24, 2.45) is 0 Å². The molecular weight excluding hydrogens is 506 g/mol. The van der Waals surface area contributed by atoms with Crippen molar-refractivity contribution in [1.29, 1.82) is 0 Å². The maximum absolute atomic E-state index is 6.36. The fourth-order valence-electron chi connectivity index (χ4n) is 7.63. The fourth-order valence-corrected chi connectivity index (χ4v) is 8.74. The molecule has 1 aliphatic heterocycles. The van der Waals surface area contributed by atoms with Gasteiger partial charge in [0.2, 0.25) is 5.69 Å². The second-order valence-corrected chi connectivity index (χ2v) is 12.4. The van der Waals surface area contributed by atoms with Gasteiger partial charge in [-0.1, -0.05) is 57.2 Å². The summed E-state index contributed by atoms with van der Waals surface area (Å²) in [5, 5.41) is 5.00. The molecule has 0 radical (unpaired) electrons. The number of fused-ring (bicyclic) bond motifs is 9. The maximum Gasteiger partial charge on any atom is 0.213 e. The number of aromatic nitrogens is 1. The van der Waals surface area contributed by atoms with E-state index in [9.17, 15) is 0 Å². The van der Waals surface area contributed by atoms with E-state index in [4.69, 9.17) is 4.42 Å². The van der Waals surface area contributed by atoms with E-state index in [1.165, 1.54) is 58.9 Å². The predicted molar refractivity (Wildman–Crippen MR) is 169 cm³/mol. The summed E-state index contributed by atoms with van der Waals surface area (Å²) in [6.07, 6.45) is 5.69. The van der Waals surface area contributed by atoms with Crippen LogP contribution < -0.4 is 4.57 Å². The maximum atomic E-state index is 6.36. The molecule has 0 fully saturated rings. The topological polar surface area (TPSA) is 17.0 Å². The molecule has 0 saturated carbocycles. The molecule has 0 amide bonds. The minimum atomic E-state index is 0.117. The standard InChI is InChI=1S/C37H32NOS/c1-4-31-25-16-14-23(19-27(25)32-12-9-10-18-38(32)37(31,5-2)6-3)24-15-17-33-28(20-24)29-21-30-26-11-7-8-13-35(26)40-36(30)22-34(29)39-33/h7-22,31H,4-6H2,1-3H3/q+1. The monoisotopic (exact) mass is 538 g/mol. The first-order valence-corrected chi connectivity index (χ1v) is 15.4. The van der Waals surface area contributed by atoms with Gasteiger partial charge in [-0.2, -0.15) is 4.57 Å².